The summed E-state index contributed by atoms with van der Waals surface area (Å²) in [6.45, 7) is 1.99. The Morgan fingerprint density at radius 2 is 2.00 bits per heavy atom. The Balaban J connectivity index is 2.22. The molecule has 0 aliphatic carbocycles. The Labute approximate surface area is 116 Å². The van der Waals surface area contributed by atoms with Gasteiger partial charge >= 0.3 is 6.61 Å². The number of aromatic nitrogens is 2. The molecule has 0 amide bonds. The quantitative estimate of drug-likeness (QED) is 0.879. The Hall–Kier alpha value is -2.11. The fraction of sp³-hybridized carbons (Fsp3) is 0.357. The largest absolute Gasteiger partial charge is 0.435 e. The van der Waals surface area contributed by atoms with Gasteiger partial charge in [0.2, 0.25) is 5.95 Å². The average Bonchev–Trinajstić information content (AvgIpc) is 2.78. The van der Waals surface area contributed by atoms with Crippen molar-refractivity contribution in [1.29, 1.82) is 0 Å². The zero-order valence-electron chi connectivity index (χ0n) is 11.4. The lowest BCUT2D eigenvalue weighted by molar-refractivity contribution is -0.0498. The summed E-state index contributed by atoms with van der Waals surface area (Å²) in [5, 5.41) is 3.23. The SMILES string of the molecule is CCCNc1nc(C)cn1-c1ccc(OC(F)F)cc1. The molecule has 0 unspecified atom stereocenters. The van der Waals surface area contributed by atoms with Crippen LogP contribution in [0.5, 0.6) is 5.75 Å². The van der Waals surface area contributed by atoms with Crippen LogP contribution in [-0.4, -0.2) is 22.7 Å². The van der Waals surface area contributed by atoms with Gasteiger partial charge in [-0.05, 0) is 37.6 Å². The summed E-state index contributed by atoms with van der Waals surface area (Å²) in [6.07, 6.45) is 2.88. The predicted octanol–water partition coefficient (Wildman–Crippen LogP) is 3.60. The van der Waals surface area contributed by atoms with Gasteiger partial charge in [0.1, 0.15) is 5.75 Å². The van der Waals surface area contributed by atoms with E-state index in [0.29, 0.717) is 0 Å². The monoisotopic (exact) mass is 281 g/mol. The molecule has 0 spiro atoms. The van der Waals surface area contributed by atoms with Crippen molar-refractivity contribution in [3.63, 3.8) is 0 Å². The van der Waals surface area contributed by atoms with E-state index < -0.39 is 6.61 Å². The van der Waals surface area contributed by atoms with Crippen molar-refractivity contribution in [3.8, 4) is 11.4 Å². The van der Waals surface area contributed by atoms with E-state index in [9.17, 15) is 8.78 Å². The zero-order chi connectivity index (χ0) is 14.5. The summed E-state index contributed by atoms with van der Waals surface area (Å²) in [7, 11) is 0. The Morgan fingerprint density at radius 3 is 2.60 bits per heavy atom. The number of hydrogen-bond acceptors (Lipinski definition) is 3. The van der Waals surface area contributed by atoms with Gasteiger partial charge < -0.3 is 10.1 Å². The van der Waals surface area contributed by atoms with E-state index in [1.165, 1.54) is 12.1 Å². The van der Waals surface area contributed by atoms with Gasteiger partial charge in [0.25, 0.3) is 0 Å². The van der Waals surface area contributed by atoms with Gasteiger partial charge in [-0.1, -0.05) is 6.92 Å². The lowest BCUT2D eigenvalue weighted by atomic mass is 10.3. The lowest BCUT2D eigenvalue weighted by Crippen LogP contribution is -2.07. The summed E-state index contributed by atoms with van der Waals surface area (Å²) in [5.41, 5.74) is 1.72. The molecule has 0 atom stereocenters. The fourth-order valence-electron chi connectivity index (χ4n) is 1.84. The summed E-state index contributed by atoms with van der Waals surface area (Å²) in [5.74, 6) is 0.885. The van der Waals surface area contributed by atoms with Crippen molar-refractivity contribution in [3.05, 3.63) is 36.2 Å². The zero-order valence-corrected chi connectivity index (χ0v) is 11.4. The lowest BCUT2D eigenvalue weighted by Gasteiger charge is -2.10. The highest BCUT2D eigenvalue weighted by Crippen LogP contribution is 2.21. The highest BCUT2D eigenvalue weighted by Gasteiger charge is 2.08. The molecular weight excluding hydrogens is 264 g/mol. The van der Waals surface area contributed by atoms with E-state index in [4.69, 9.17) is 0 Å². The van der Waals surface area contributed by atoms with Crippen LogP contribution >= 0.6 is 0 Å². The molecule has 4 nitrogen and oxygen atoms in total. The summed E-state index contributed by atoms with van der Waals surface area (Å²) >= 11 is 0. The van der Waals surface area contributed by atoms with Gasteiger partial charge in [0.15, 0.2) is 0 Å². The van der Waals surface area contributed by atoms with Gasteiger partial charge in [-0.15, -0.1) is 0 Å². The number of halogens is 2. The second kappa shape index (κ2) is 6.36. The molecule has 0 radical (unpaired) electrons. The molecule has 20 heavy (non-hydrogen) atoms. The third-order valence-electron chi connectivity index (χ3n) is 2.70. The van der Waals surface area contributed by atoms with Crippen LogP contribution in [0.3, 0.4) is 0 Å². The van der Waals surface area contributed by atoms with E-state index >= 15 is 0 Å². The molecule has 0 aliphatic heterocycles. The van der Waals surface area contributed by atoms with Crippen LogP contribution in [0, 0.1) is 6.92 Å². The first-order valence-corrected chi connectivity index (χ1v) is 6.45. The van der Waals surface area contributed by atoms with E-state index in [1.54, 1.807) is 12.1 Å². The molecule has 1 aromatic carbocycles. The molecule has 0 saturated heterocycles. The van der Waals surface area contributed by atoms with Crippen molar-refractivity contribution in [2.75, 3.05) is 11.9 Å². The molecule has 1 heterocycles. The molecule has 2 rings (SSSR count). The maximum atomic E-state index is 12.1. The predicted molar refractivity (Wildman–Crippen MR) is 73.7 cm³/mol. The van der Waals surface area contributed by atoms with Crippen LogP contribution in [-0.2, 0) is 0 Å². The minimum atomic E-state index is -2.81. The first kappa shape index (κ1) is 14.3. The molecular formula is C14H17F2N3O. The van der Waals surface area contributed by atoms with Crippen LogP contribution in [0.1, 0.15) is 19.0 Å². The number of nitrogens with one attached hydrogen (secondary N) is 1. The van der Waals surface area contributed by atoms with Crippen molar-refractivity contribution in [2.24, 2.45) is 0 Å². The molecule has 2 aromatic rings. The number of imidazole rings is 1. The molecule has 1 aromatic heterocycles. The average molecular weight is 281 g/mol. The number of anilines is 1. The number of benzene rings is 1. The normalized spacial score (nSPS) is 10.8. The molecule has 108 valence electrons. The van der Waals surface area contributed by atoms with E-state index in [2.05, 4.69) is 22.0 Å². The fourth-order valence-corrected chi connectivity index (χ4v) is 1.84. The maximum absolute atomic E-state index is 12.1. The second-order valence-corrected chi connectivity index (χ2v) is 4.38. The number of rotatable bonds is 6. The minimum Gasteiger partial charge on any atom is -0.435 e. The van der Waals surface area contributed by atoms with E-state index in [-0.39, 0.29) is 5.75 Å². The van der Waals surface area contributed by atoms with Gasteiger partial charge in [-0.2, -0.15) is 8.78 Å². The molecule has 0 saturated carbocycles. The highest BCUT2D eigenvalue weighted by atomic mass is 19.3. The van der Waals surface area contributed by atoms with E-state index in [0.717, 1.165) is 30.3 Å². The molecule has 0 fully saturated rings. The summed E-state index contributed by atoms with van der Waals surface area (Å²) < 4.78 is 30.4. The van der Waals surface area contributed by atoms with E-state index in [1.807, 2.05) is 17.7 Å². The second-order valence-electron chi connectivity index (χ2n) is 4.38. The van der Waals surface area contributed by atoms with Crippen LogP contribution in [0.25, 0.3) is 5.69 Å². The van der Waals surface area contributed by atoms with Crippen LogP contribution in [0.4, 0.5) is 14.7 Å². The van der Waals surface area contributed by atoms with Crippen molar-refractivity contribution in [1.82, 2.24) is 9.55 Å². The molecule has 6 heteroatoms. The first-order chi connectivity index (χ1) is 9.60. The number of ether oxygens (including phenoxy) is 1. The minimum absolute atomic E-state index is 0.142. The number of nitrogens with zero attached hydrogens (tertiary/aromatic N) is 2. The van der Waals surface area contributed by atoms with Gasteiger partial charge in [0, 0.05) is 18.4 Å². The summed E-state index contributed by atoms with van der Waals surface area (Å²) in [4.78, 5) is 4.40. The van der Waals surface area contributed by atoms with Crippen molar-refractivity contribution in [2.45, 2.75) is 26.9 Å². The van der Waals surface area contributed by atoms with Crippen LogP contribution in [0.15, 0.2) is 30.5 Å². The van der Waals surface area contributed by atoms with Crippen molar-refractivity contribution < 1.29 is 13.5 Å². The van der Waals surface area contributed by atoms with Gasteiger partial charge in [-0.3, -0.25) is 4.57 Å². The smallest absolute Gasteiger partial charge is 0.387 e. The Bertz CT molecular complexity index is 552. The number of alkyl halides is 2. The van der Waals surface area contributed by atoms with Crippen molar-refractivity contribution >= 4 is 5.95 Å². The third kappa shape index (κ3) is 3.46. The molecule has 1 N–H and O–H groups in total. The number of aryl methyl sites for hydroxylation is 1. The van der Waals surface area contributed by atoms with Crippen LogP contribution < -0.4 is 10.1 Å². The standard InChI is InChI=1S/C14H17F2N3O/c1-3-8-17-14-18-10(2)9-19(14)11-4-6-12(7-5-11)20-13(15)16/h4-7,9,13H,3,8H2,1-2H3,(H,17,18). The third-order valence-corrected chi connectivity index (χ3v) is 2.70. The summed E-state index contributed by atoms with van der Waals surface area (Å²) in [6, 6.07) is 6.47. The molecule has 0 aliphatic rings. The highest BCUT2D eigenvalue weighted by molar-refractivity contribution is 5.45. The Kier molecular flexibility index (Phi) is 4.55. The van der Waals surface area contributed by atoms with Gasteiger partial charge in [0.05, 0.1) is 5.69 Å². The number of hydrogen-bond donors (Lipinski definition) is 1. The Morgan fingerprint density at radius 1 is 1.30 bits per heavy atom. The topological polar surface area (TPSA) is 39.1 Å². The van der Waals surface area contributed by atoms with Crippen LogP contribution in [0.2, 0.25) is 0 Å². The van der Waals surface area contributed by atoms with Gasteiger partial charge in [-0.25, -0.2) is 4.98 Å². The molecule has 0 bridgehead atoms. The maximum Gasteiger partial charge on any atom is 0.387 e. The first-order valence-electron chi connectivity index (χ1n) is 6.45.